The minimum atomic E-state index is -4.97. The Bertz CT molecular complexity index is 1640. The van der Waals surface area contributed by atoms with E-state index in [0.717, 1.165) is 24.3 Å². The van der Waals surface area contributed by atoms with Crippen molar-refractivity contribution in [1.29, 1.82) is 0 Å². The number of non-ortho nitro benzene ring substituents is 1. The zero-order chi connectivity index (χ0) is 27.7. The SMILES string of the molecule is COc1cccc(Nc2ccc([N+](=O)[O-])c3[nH]c(C(=O)NS(=O)(=O)c4ccc(OC(F)(F)F)cc4)cc23)c1. The second kappa shape index (κ2) is 9.93. The number of H-pyrrole nitrogens is 1. The van der Waals surface area contributed by atoms with E-state index in [1.807, 2.05) is 0 Å². The minimum Gasteiger partial charge on any atom is -0.497 e. The lowest BCUT2D eigenvalue weighted by Gasteiger charge is -2.10. The smallest absolute Gasteiger partial charge is 0.497 e. The summed E-state index contributed by atoms with van der Waals surface area (Å²) in [7, 11) is -3.03. The molecule has 3 aromatic carbocycles. The van der Waals surface area contributed by atoms with Crippen LogP contribution in [-0.2, 0) is 10.0 Å². The molecule has 0 unspecified atom stereocenters. The maximum atomic E-state index is 12.8. The number of nitrogens with one attached hydrogen (secondary N) is 3. The summed E-state index contributed by atoms with van der Waals surface area (Å²) in [4.78, 5) is 25.7. The Morgan fingerprint density at radius 3 is 2.37 bits per heavy atom. The molecule has 0 radical (unpaired) electrons. The highest BCUT2D eigenvalue weighted by Gasteiger charge is 2.31. The summed E-state index contributed by atoms with van der Waals surface area (Å²) in [6.07, 6.45) is -4.97. The van der Waals surface area contributed by atoms with E-state index in [9.17, 15) is 36.5 Å². The predicted octanol–water partition coefficient (Wildman–Crippen LogP) is 4.85. The number of aromatic amines is 1. The zero-order valence-corrected chi connectivity index (χ0v) is 20.0. The van der Waals surface area contributed by atoms with Crippen molar-refractivity contribution in [2.24, 2.45) is 0 Å². The average molecular weight is 550 g/mol. The van der Waals surface area contributed by atoms with Gasteiger partial charge in [0.25, 0.3) is 21.6 Å². The summed E-state index contributed by atoms with van der Waals surface area (Å²) < 4.78 is 72.9. The third-order valence-corrected chi connectivity index (χ3v) is 6.50. The van der Waals surface area contributed by atoms with Crippen molar-refractivity contribution < 1.29 is 40.8 Å². The van der Waals surface area contributed by atoms with Crippen LogP contribution in [0, 0.1) is 10.1 Å². The number of nitro benzene ring substituents is 1. The van der Waals surface area contributed by atoms with Crippen molar-refractivity contribution in [1.82, 2.24) is 9.71 Å². The number of hydrogen-bond acceptors (Lipinski definition) is 8. The van der Waals surface area contributed by atoms with Crippen molar-refractivity contribution in [3.8, 4) is 11.5 Å². The second-order valence-electron chi connectivity index (χ2n) is 7.67. The Balaban J connectivity index is 1.64. The van der Waals surface area contributed by atoms with Crippen LogP contribution in [0.2, 0.25) is 0 Å². The van der Waals surface area contributed by atoms with E-state index in [0.29, 0.717) is 17.1 Å². The molecule has 38 heavy (non-hydrogen) atoms. The first-order valence-electron chi connectivity index (χ1n) is 10.5. The monoisotopic (exact) mass is 550 g/mol. The summed E-state index contributed by atoms with van der Waals surface area (Å²) >= 11 is 0. The number of amides is 1. The summed E-state index contributed by atoms with van der Waals surface area (Å²) in [5.74, 6) is -1.26. The molecule has 1 aromatic heterocycles. The van der Waals surface area contributed by atoms with Crippen LogP contribution in [0.15, 0.2) is 71.6 Å². The normalized spacial score (nSPS) is 11.7. The molecule has 0 saturated carbocycles. The maximum Gasteiger partial charge on any atom is 0.573 e. The van der Waals surface area contributed by atoms with E-state index >= 15 is 0 Å². The number of aromatic nitrogens is 1. The van der Waals surface area contributed by atoms with Crippen molar-refractivity contribution in [3.63, 3.8) is 0 Å². The number of sulfonamides is 1. The van der Waals surface area contributed by atoms with Gasteiger partial charge in [0.15, 0.2) is 0 Å². The van der Waals surface area contributed by atoms with Crippen LogP contribution in [-0.4, -0.2) is 37.7 Å². The van der Waals surface area contributed by atoms with Gasteiger partial charge in [-0.2, -0.15) is 0 Å². The van der Waals surface area contributed by atoms with E-state index in [1.54, 1.807) is 29.0 Å². The van der Waals surface area contributed by atoms with Gasteiger partial charge < -0.3 is 19.8 Å². The Morgan fingerprint density at radius 2 is 1.74 bits per heavy atom. The van der Waals surface area contributed by atoms with Crippen LogP contribution < -0.4 is 19.5 Å². The summed E-state index contributed by atoms with van der Waals surface area (Å²) in [6, 6.07) is 13.9. The van der Waals surface area contributed by atoms with Gasteiger partial charge in [-0.05, 0) is 48.5 Å². The van der Waals surface area contributed by atoms with E-state index < -0.39 is 37.9 Å². The first-order valence-corrected chi connectivity index (χ1v) is 12.0. The number of nitrogens with zero attached hydrogens (tertiary/aromatic N) is 1. The molecular weight excluding hydrogens is 533 g/mol. The number of anilines is 2. The Kier molecular flexibility index (Phi) is 6.87. The molecule has 0 aliphatic heterocycles. The predicted molar refractivity (Wildman–Crippen MR) is 129 cm³/mol. The fourth-order valence-corrected chi connectivity index (χ4v) is 4.47. The largest absolute Gasteiger partial charge is 0.573 e. The molecule has 0 fully saturated rings. The summed E-state index contributed by atoms with van der Waals surface area (Å²) in [5, 5.41) is 14.8. The van der Waals surface area contributed by atoms with Gasteiger partial charge in [0.1, 0.15) is 22.7 Å². The van der Waals surface area contributed by atoms with Crippen LogP contribution >= 0.6 is 0 Å². The molecule has 0 aliphatic rings. The van der Waals surface area contributed by atoms with Crippen LogP contribution in [0.4, 0.5) is 30.2 Å². The molecule has 4 rings (SSSR count). The zero-order valence-electron chi connectivity index (χ0n) is 19.2. The van der Waals surface area contributed by atoms with Gasteiger partial charge in [-0.15, -0.1) is 13.2 Å². The lowest BCUT2D eigenvalue weighted by Crippen LogP contribution is -2.30. The number of carbonyl (C=O) groups excluding carboxylic acids is 1. The van der Waals surface area contributed by atoms with Crippen molar-refractivity contribution in [2.45, 2.75) is 11.3 Å². The fraction of sp³-hybridized carbons (Fsp3) is 0.0870. The average Bonchev–Trinajstić information content (AvgIpc) is 3.29. The first-order chi connectivity index (χ1) is 17.9. The lowest BCUT2D eigenvalue weighted by molar-refractivity contribution is -0.383. The van der Waals surface area contributed by atoms with Crippen molar-refractivity contribution in [3.05, 3.63) is 82.5 Å². The van der Waals surface area contributed by atoms with Crippen LogP contribution in [0.5, 0.6) is 11.5 Å². The molecule has 0 aliphatic carbocycles. The molecular formula is C23H17F3N4O7S. The van der Waals surface area contributed by atoms with E-state index in [-0.39, 0.29) is 22.3 Å². The third-order valence-electron chi connectivity index (χ3n) is 5.16. The van der Waals surface area contributed by atoms with Crippen molar-refractivity contribution in [2.75, 3.05) is 12.4 Å². The summed E-state index contributed by atoms with van der Waals surface area (Å²) in [5.41, 5.74) is 0.227. The number of methoxy groups -OCH3 is 1. The van der Waals surface area contributed by atoms with Gasteiger partial charge in [-0.3, -0.25) is 14.9 Å². The molecule has 11 nitrogen and oxygen atoms in total. The van der Waals surface area contributed by atoms with E-state index in [1.165, 1.54) is 25.3 Å². The number of nitro groups is 1. The lowest BCUT2D eigenvalue weighted by atomic mass is 10.1. The third kappa shape index (κ3) is 5.78. The van der Waals surface area contributed by atoms with Gasteiger partial charge in [0.05, 0.1) is 16.9 Å². The molecule has 0 bridgehead atoms. The molecule has 3 N–H and O–H groups in total. The number of halogens is 3. The standard InChI is InChI=1S/C23H17F3N4O7S/c1-36-15-4-2-3-13(11-15)27-18-9-10-20(30(32)33)21-17(18)12-19(28-21)22(31)29-38(34,35)16-7-5-14(6-8-16)37-23(24,25)26/h2-12,27-28H,1H3,(H,29,31). The van der Waals surface area contributed by atoms with Gasteiger partial charge in [-0.1, -0.05) is 6.07 Å². The first kappa shape index (κ1) is 26.3. The topological polar surface area (TPSA) is 153 Å². The fourth-order valence-electron chi connectivity index (χ4n) is 3.50. The molecule has 198 valence electrons. The van der Waals surface area contributed by atoms with E-state index in [2.05, 4.69) is 15.0 Å². The van der Waals surface area contributed by atoms with Gasteiger partial charge in [-0.25, -0.2) is 13.1 Å². The van der Waals surface area contributed by atoms with Gasteiger partial charge >= 0.3 is 6.36 Å². The number of hydrogen-bond donors (Lipinski definition) is 3. The van der Waals surface area contributed by atoms with Crippen LogP contribution in [0.25, 0.3) is 10.9 Å². The van der Waals surface area contributed by atoms with E-state index in [4.69, 9.17) is 4.74 Å². The highest BCUT2D eigenvalue weighted by atomic mass is 32.2. The maximum absolute atomic E-state index is 12.8. The van der Waals surface area contributed by atoms with Gasteiger partial charge in [0, 0.05) is 28.9 Å². The van der Waals surface area contributed by atoms with Crippen LogP contribution in [0.1, 0.15) is 10.5 Å². The number of alkyl halides is 3. The Labute approximate surface area is 212 Å². The number of carbonyl (C=O) groups is 1. The second-order valence-corrected chi connectivity index (χ2v) is 9.35. The molecule has 0 spiro atoms. The minimum absolute atomic E-state index is 0.0425. The molecule has 0 atom stereocenters. The van der Waals surface area contributed by atoms with Gasteiger partial charge in [0.2, 0.25) is 0 Å². The number of fused-ring (bicyclic) bond motifs is 1. The Hall–Kier alpha value is -4.79. The number of rotatable bonds is 8. The highest BCUT2D eigenvalue weighted by Crippen LogP contribution is 2.34. The highest BCUT2D eigenvalue weighted by molar-refractivity contribution is 7.90. The molecule has 0 saturated heterocycles. The van der Waals surface area contributed by atoms with Crippen LogP contribution in [0.3, 0.4) is 0 Å². The number of benzene rings is 3. The quantitative estimate of drug-likeness (QED) is 0.208. The Morgan fingerprint density at radius 1 is 1.03 bits per heavy atom. The molecule has 1 heterocycles. The summed E-state index contributed by atoms with van der Waals surface area (Å²) in [6.45, 7) is 0. The molecule has 1 amide bonds. The molecule has 15 heteroatoms. The van der Waals surface area contributed by atoms with Crippen molar-refractivity contribution >= 4 is 43.9 Å². The number of ether oxygens (including phenoxy) is 2. The molecule has 4 aromatic rings.